The number of hydrogen-bond acceptors (Lipinski definition) is 6. The first-order valence-electron chi connectivity index (χ1n) is 9.43. The summed E-state index contributed by atoms with van der Waals surface area (Å²) in [5, 5.41) is 3.32. The minimum absolute atomic E-state index is 0.201. The topological polar surface area (TPSA) is 70.6 Å². The number of nitrogens with zero attached hydrogens (tertiary/aromatic N) is 4. The highest BCUT2D eigenvalue weighted by Gasteiger charge is 2.29. The van der Waals surface area contributed by atoms with Crippen LogP contribution in [0.15, 0.2) is 36.5 Å². The number of fused-ring (bicyclic) bond motifs is 1. The summed E-state index contributed by atoms with van der Waals surface area (Å²) in [7, 11) is 1.66. The minimum Gasteiger partial charge on any atom is -0.383 e. The van der Waals surface area contributed by atoms with E-state index in [1.165, 1.54) is 5.69 Å². The lowest BCUT2D eigenvalue weighted by Crippen LogP contribution is -2.29. The molecule has 2 aliphatic heterocycles. The summed E-state index contributed by atoms with van der Waals surface area (Å²) in [5.41, 5.74) is 3.32. The maximum absolute atomic E-state index is 12.0. The van der Waals surface area contributed by atoms with E-state index in [1.54, 1.807) is 7.11 Å². The zero-order valence-electron chi connectivity index (χ0n) is 15.6. The van der Waals surface area contributed by atoms with Crippen LogP contribution in [0.3, 0.4) is 0 Å². The molecule has 1 aromatic heterocycles. The molecule has 1 aromatic carbocycles. The number of para-hydroxylation sites is 1. The van der Waals surface area contributed by atoms with Gasteiger partial charge in [-0.05, 0) is 12.1 Å². The normalized spacial score (nSPS) is 18.9. The van der Waals surface area contributed by atoms with Gasteiger partial charge in [0.15, 0.2) is 0 Å². The molecule has 1 atom stereocenters. The molecular formula is C20H25N5O2. The molecule has 142 valence electrons. The van der Waals surface area contributed by atoms with Gasteiger partial charge in [-0.1, -0.05) is 18.2 Å². The summed E-state index contributed by atoms with van der Waals surface area (Å²) in [4.78, 5) is 25.3. The van der Waals surface area contributed by atoms with Crippen molar-refractivity contribution in [2.24, 2.45) is 5.92 Å². The van der Waals surface area contributed by atoms with Gasteiger partial charge in [-0.3, -0.25) is 4.79 Å². The number of carbonyl (C=O) groups is 1. The summed E-state index contributed by atoms with van der Waals surface area (Å²) in [5.74, 6) is 1.13. The lowest BCUT2D eigenvalue weighted by atomic mass is 10.1. The van der Waals surface area contributed by atoms with E-state index in [9.17, 15) is 4.79 Å². The van der Waals surface area contributed by atoms with Crippen molar-refractivity contribution in [1.29, 1.82) is 0 Å². The summed E-state index contributed by atoms with van der Waals surface area (Å²) in [6.45, 7) is 3.63. The van der Waals surface area contributed by atoms with Gasteiger partial charge >= 0.3 is 0 Å². The molecule has 0 bridgehead atoms. The summed E-state index contributed by atoms with van der Waals surface area (Å²) < 4.78 is 5.07. The molecular weight excluding hydrogens is 342 g/mol. The van der Waals surface area contributed by atoms with Crippen LogP contribution in [-0.4, -0.2) is 60.7 Å². The highest BCUT2D eigenvalue weighted by atomic mass is 16.5. The number of nitrogens with one attached hydrogen (secondary N) is 1. The minimum atomic E-state index is 0.201. The molecule has 3 heterocycles. The molecule has 0 radical (unpaired) electrons. The highest BCUT2D eigenvalue weighted by molar-refractivity contribution is 5.78. The maximum atomic E-state index is 12.0. The van der Waals surface area contributed by atoms with E-state index >= 15 is 0 Å². The van der Waals surface area contributed by atoms with Crippen LogP contribution in [0.25, 0.3) is 0 Å². The number of benzene rings is 1. The van der Waals surface area contributed by atoms with Gasteiger partial charge < -0.3 is 19.9 Å². The van der Waals surface area contributed by atoms with E-state index in [4.69, 9.17) is 9.72 Å². The van der Waals surface area contributed by atoms with E-state index in [-0.39, 0.29) is 11.8 Å². The number of carbonyl (C=O) groups excluding carboxylic acids is 1. The first-order chi connectivity index (χ1) is 13.2. The molecule has 1 saturated heterocycles. The van der Waals surface area contributed by atoms with Crippen molar-refractivity contribution >= 4 is 23.2 Å². The fourth-order valence-electron chi connectivity index (χ4n) is 3.76. The Morgan fingerprint density at radius 2 is 2.15 bits per heavy atom. The third-order valence-electron chi connectivity index (χ3n) is 5.19. The molecule has 0 aliphatic carbocycles. The number of aromatic nitrogens is 2. The molecule has 4 rings (SSSR count). The van der Waals surface area contributed by atoms with Crippen LogP contribution in [-0.2, 0) is 16.0 Å². The molecule has 1 N–H and O–H groups in total. The predicted octanol–water partition coefficient (Wildman–Crippen LogP) is 2.08. The van der Waals surface area contributed by atoms with Crippen molar-refractivity contribution in [1.82, 2.24) is 14.9 Å². The quantitative estimate of drug-likeness (QED) is 0.808. The van der Waals surface area contributed by atoms with Crippen LogP contribution in [0.5, 0.6) is 0 Å². The monoisotopic (exact) mass is 367 g/mol. The highest BCUT2D eigenvalue weighted by Crippen LogP contribution is 2.33. The number of anilines is 3. The van der Waals surface area contributed by atoms with E-state index in [0.717, 1.165) is 30.9 Å². The number of methoxy groups -OCH3 is 1. The van der Waals surface area contributed by atoms with Crippen molar-refractivity contribution in [3.05, 3.63) is 42.2 Å². The largest absolute Gasteiger partial charge is 0.383 e. The number of rotatable bonds is 7. The van der Waals surface area contributed by atoms with Crippen LogP contribution < -0.4 is 10.2 Å². The van der Waals surface area contributed by atoms with Crippen LogP contribution in [0.1, 0.15) is 12.1 Å². The van der Waals surface area contributed by atoms with Crippen LogP contribution in [0.2, 0.25) is 0 Å². The third-order valence-corrected chi connectivity index (χ3v) is 5.19. The maximum Gasteiger partial charge on any atom is 0.223 e. The Hall–Kier alpha value is -2.67. The molecule has 7 heteroatoms. The SMILES string of the molecule is COCCN1C[C@H](CNc2ncc3c(n2)CCN3c2ccccc2)CC1=O. The van der Waals surface area contributed by atoms with Gasteiger partial charge in [-0.25, -0.2) is 9.97 Å². The smallest absolute Gasteiger partial charge is 0.223 e. The fourth-order valence-corrected chi connectivity index (χ4v) is 3.76. The standard InChI is InChI=1S/C20H25N5O2/c1-27-10-9-24-14-15(11-19(24)26)12-21-20-22-13-18-17(23-20)7-8-25(18)16-5-3-2-4-6-16/h2-6,13,15H,7-12,14H2,1H3,(H,21,22,23)/t15-/m0/s1. The van der Waals surface area contributed by atoms with E-state index in [0.29, 0.717) is 32.1 Å². The average Bonchev–Trinajstić information content (AvgIpc) is 3.28. The first-order valence-corrected chi connectivity index (χ1v) is 9.43. The number of likely N-dealkylation sites (tertiary alicyclic amines) is 1. The van der Waals surface area contributed by atoms with E-state index in [1.807, 2.05) is 29.3 Å². The third kappa shape index (κ3) is 3.88. The Balaban J connectivity index is 1.36. The predicted molar refractivity (Wildman–Crippen MR) is 104 cm³/mol. The van der Waals surface area contributed by atoms with Crippen molar-refractivity contribution in [3.63, 3.8) is 0 Å². The summed E-state index contributed by atoms with van der Waals surface area (Å²) in [6.07, 6.45) is 3.38. The van der Waals surface area contributed by atoms with Gasteiger partial charge in [0.05, 0.1) is 24.2 Å². The van der Waals surface area contributed by atoms with Gasteiger partial charge in [0, 0.05) is 57.7 Å². The van der Waals surface area contributed by atoms with Gasteiger partial charge in [0.1, 0.15) is 0 Å². The Bertz CT molecular complexity index is 798. The molecule has 1 fully saturated rings. The Morgan fingerprint density at radius 1 is 1.30 bits per heavy atom. The second kappa shape index (κ2) is 7.92. The Morgan fingerprint density at radius 3 is 2.96 bits per heavy atom. The lowest BCUT2D eigenvalue weighted by molar-refractivity contribution is -0.128. The first kappa shape index (κ1) is 17.7. The molecule has 2 aliphatic rings. The molecule has 0 spiro atoms. The van der Waals surface area contributed by atoms with Crippen molar-refractivity contribution < 1.29 is 9.53 Å². The Kier molecular flexibility index (Phi) is 5.20. The van der Waals surface area contributed by atoms with Gasteiger partial charge in [-0.2, -0.15) is 0 Å². The van der Waals surface area contributed by atoms with Gasteiger partial charge in [-0.15, -0.1) is 0 Å². The summed E-state index contributed by atoms with van der Waals surface area (Å²) >= 11 is 0. The van der Waals surface area contributed by atoms with Gasteiger partial charge in [0.25, 0.3) is 0 Å². The molecule has 0 saturated carbocycles. The second-order valence-electron chi connectivity index (χ2n) is 7.05. The van der Waals surface area contributed by atoms with Crippen molar-refractivity contribution in [3.8, 4) is 0 Å². The van der Waals surface area contributed by atoms with Gasteiger partial charge in [0.2, 0.25) is 11.9 Å². The summed E-state index contributed by atoms with van der Waals surface area (Å²) in [6, 6.07) is 10.3. The van der Waals surface area contributed by atoms with E-state index in [2.05, 4.69) is 27.3 Å². The average molecular weight is 367 g/mol. The van der Waals surface area contributed by atoms with Crippen molar-refractivity contribution in [2.75, 3.05) is 50.1 Å². The molecule has 2 aromatic rings. The zero-order chi connectivity index (χ0) is 18.6. The fraction of sp³-hybridized carbons (Fsp3) is 0.450. The lowest BCUT2D eigenvalue weighted by Gasteiger charge is -2.19. The number of ether oxygens (including phenoxy) is 1. The second-order valence-corrected chi connectivity index (χ2v) is 7.05. The van der Waals surface area contributed by atoms with Crippen LogP contribution in [0, 0.1) is 5.92 Å². The van der Waals surface area contributed by atoms with E-state index < -0.39 is 0 Å². The molecule has 27 heavy (non-hydrogen) atoms. The zero-order valence-corrected chi connectivity index (χ0v) is 15.6. The van der Waals surface area contributed by atoms with Crippen LogP contribution >= 0.6 is 0 Å². The number of amides is 1. The van der Waals surface area contributed by atoms with Crippen molar-refractivity contribution in [2.45, 2.75) is 12.8 Å². The molecule has 7 nitrogen and oxygen atoms in total. The Labute approximate surface area is 159 Å². The molecule has 1 amide bonds. The molecule has 0 unspecified atom stereocenters. The van der Waals surface area contributed by atoms with Crippen LogP contribution in [0.4, 0.5) is 17.3 Å². The number of hydrogen-bond donors (Lipinski definition) is 1.